The van der Waals surface area contributed by atoms with Gasteiger partial charge in [0.15, 0.2) is 0 Å². The molecule has 0 atom stereocenters. The van der Waals surface area contributed by atoms with Crippen LogP contribution >= 0.6 is 11.6 Å². The number of nitrogens with zero attached hydrogens (tertiary/aromatic N) is 4. The summed E-state index contributed by atoms with van der Waals surface area (Å²) in [5.74, 6) is 0.795. The summed E-state index contributed by atoms with van der Waals surface area (Å²) in [5, 5.41) is 1.90. The molecule has 1 fully saturated rings. The highest BCUT2D eigenvalue weighted by molar-refractivity contribution is 6.33. The average Bonchev–Trinajstić information content (AvgIpc) is 2.79. The predicted molar refractivity (Wildman–Crippen MR) is 126 cm³/mol. The van der Waals surface area contributed by atoms with Crippen LogP contribution in [0.4, 0.5) is 11.6 Å². The second kappa shape index (κ2) is 7.96. The maximum Gasteiger partial charge on any atom is 0.226 e. The van der Waals surface area contributed by atoms with Gasteiger partial charge in [-0.15, -0.1) is 0 Å². The van der Waals surface area contributed by atoms with Gasteiger partial charge < -0.3 is 9.80 Å². The van der Waals surface area contributed by atoms with Crippen LogP contribution in [0.25, 0.3) is 22.2 Å². The average molecular weight is 415 g/mol. The number of para-hydroxylation sites is 1. The Bertz CT molecular complexity index is 1180. The van der Waals surface area contributed by atoms with Crippen LogP contribution in [0.1, 0.15) is 5.56 Å². The quantitative estimate of drug-likeness (QED) is 0.437. The van der Waals surface area contributed by atoms with Gasteiger partial charge in [0, 0.05) is 37.1 Å². The zero-order valence-electron chi connectivity index (χ0n) is 16.9. The lowest BCUT2D eigenvalue weighted by Crippen LogP contribution is -2.47. The van der Waals surface area contributed by atoms with Crippen LogP contribution < -0.4 is 9.80 Å². The lowest BCUT2D eigenvalue weighted by Gasteiger charge is -2.36. The van der Waals surface area contributed by atoms with Crippen molar-refractivity contribution >= 4 is 34.1 Å². The second-order valence-electron chi connectivity index (χ2n) is 7.68. The molecule has 0 N–H and O–H groups in total. The second-order valence-corrected chi connectivity index (χ2v) is 8.09. The minimum atomic E-state index is 0.795. The largest absolute Gasteiger partial charge is 0.367 e. The van der Waals surface area contributed by atoms with Gasteiger partial charge in [-0.25, -0.2) is 9.97 Å². The molecule has 5 heteroatoms. The van der Waals surface area contributed by atoms with E-state index in [2.05, 4.69) is 65.3 Å². The smallest absolute Gasteiger partial charge is 0.226 e. The predicted octanol–water partition coefficient (Wildman–Crippen LogP) is 5.59. The third-order valence-electron chi connectivity index (χ3n) is 5.64. The van der Waals surface area contributed by atoms with E-state index in [1.807, 2.05) is 24.3 Å². The fraction of sp³-hybridized carbons (Fsp3) is 0.200. The Balaban J connectivity index is 1.48. The van der Waals surface area contributed by atoms with E-state index >= 15 is 0 Å². The Kier molecular flexibility index (Phi) is 5.01. The molecule has 4 nitrogen and oxygen atoms in total. The van der Waals surface area contributed by atoms with Gasteiger partial charge in [-0.05, 0) is 31.2 Å². The van der Waals surface area contributed by atoms with Gasteiger partial charge >= 0.3 is 0 Å². The Hall–Kier alpha value is -3.11. The van der Waals surface area contributed by atoms with Crippen molar-refractivity contribution in [3.8, 4) is 11.3 Å². The summed E-state index contributed by atoms with van der Waals surface area (Å²) in [6.45, 7) is 5.60. The molecule has 0 amide bonds. The van der Waals surface area contributed by atoms with Crippen molar-refractivity contribution in [2.24, 2.45) is 0 Å². The van der Waals surface area contributed by atoms with Gasteiger partial charge in [0.05, 0.1) is 21.9 Å². The van der Waals surface area contributed by atoms with Gasteiger partial charge in [-0.3, -0.25) is 0 Å². The lowest BCUT2D eigenvalue weighted by atomic mass is 10.0. The summed E-state index contributed by atoms with van der Waals surface area (Å²) in [5.41, 5.74) is 5.40. The molecule has 150 valence electrons. The fourth-order valence-electron chi connectivity index (χ4n) is 4.04. The summed E-state index contributed by atoms with van der Waals surface area (Å²) >= 11 is 6.40. The first-order valence-corrected chi connectivity index (χ1v) is 10.6. The summed E-state index contributed by atoms with van der Waals surface area (Å²) in [6.07, 6.45) is 0. The standard InChI is InChI=1S/C25H23ClN4/c1-18-11-12-22-20(17-18)24(19-7-3-2-4-8-19)28-25(27-22)30-15-13-29(14-16-30)23-10-6-5-9-21(23)26/h2-12,17H,13-16H2,1H3. The van der Waals surface area contributed by atoms with E-state index < -0.39 is 0 Å². The summed E-state index contributed by atoms with van der Waals surface area (Å²) in [7, 11) is 0. The monoisotopic (exact) mass is 414 g/mol. The van der Waals surface area contributed by atoms with Crippen LogP contribution in [0.15, 0.2) is 72.8 Å². The molecule has 0 saturated carbocycles. The highest BCUT2D eigenvalue weighted by Crippen LogP contribution is 2.30. The van der Waals surface area contributed by atoms with E-state index in [4.69, 9.17) is 21.6 Å². The number of aryl methyl sites for hydroxylation is 1. The highest BCUT2D eigenvalue weighted by atomic mass is 35.5. The van der Waals surface area contributed by atoms with E-state index in [1.165, 1.54) is 5.56 Å². The third-order valence-corrected chi connectivity index (χ3v) is 5.96. The van der Waals surface area contributed by atoms with Crippen molar-refractivity contribution in [3.63, 3.8) is 0 Å². The maximum absolute atomic E-state index is 6.40. The molecular formula is C25H23ClN4. The molecule has 1 aliphatic rings. The van der Waals surface area contributed by atoms with Crippen LogP contribution in [0.2, 0.25) is 5.02 Å². The van der Waals surface area contributed by atoms with E-state index in [1.54, 1.807) is 0 Å². The molecule has 0 radical (unpaired) electrons. The topological polar surface area (TPSA) is 32.3 Å². The first kappa shape index (κ1) is 18.9. The van der Waals surface area contributed by atoms with E-state index in [9.17, 15) is 0 Å². The van der Waals surface area contributed by atoms with Crippen LogP contribution in [0.5, 0.6) is 0 Å². The zero-order chi connectivity index (χ0) is 20.5. The molecule has 1 saturated heterocycles. The SMILES string of the molecule is Cc1ccc2nc(N3CCN(c4ccccc4Cl)CC3)nc(-c3ccccc3)c2c1. The molecule has 30 heavy (non-hydrogen) atoms. The molecule has 5 rings (SSSR count). The first-order chi connectivity index (χ1) is 14.7. The number of benzene rings is 3. The molecule has 0 spiro atoms. The summed E-state index contributed by atoms with van der Waals surface area (Å²) in [4.78, 5) is 14.5. The molecule has 0 bridgehead atoms. The fourth-order valence-corrected chi connectivity index (χ4v) is 4.30. The number of hydrogen-bond acceptors (Lipinski definition) is 4. The van der Waals surface area contributed by atoms with E-state index in [-0.39, 0.29) is 0 Å². The van der Waals surface area contributed by atoms with E-state index in [0.717, 1.165) is 65.0 Å². The number of fused-ring (bicyclic) bond motifs is 1. The lowest BCUT2D eigenvalue weighted by molar-refractivity contribution is 0.641. The van der Waals surface area contributed by atoms with Gasteiger partial charge in [0.25, 0.3) is 0 Å². The Morgan fingerprint density at radius 3 is 2.23 bits per heavy atom. The summed E-state index contributed by atoms with van der Waals surface area (Å²) < 4.78 is 0. The van der Waals surface area contributed by atoms with Crippen LogP contribution in [0, 0.1) is 6.92 Å². The number of hydrogen-bond donors (Lipinski definition) is 0. The number of aromatic nitrogens is 2. The van der Waals surface area contributed by atoms with Crippen LogP contribution in [0.3, 0.4) is 0 Å². The van der Waals surface area contributed by atoms with Crippen molar-refractivity contribution in [2.45, 2.75) is 6.92 Å². The highest BCUT2D eigenvalue weighted by Gasteiger charge is 2.22. The Morgan fingerprint density at radius 2 is 1.47 bits per heavy atom. The number of halogens is 1. The van der Waals surface area contributed by atoms with Crippen LogP contribution in [-0.2, 0) is 0 Å². The van der Waals surface area contributed by atoms with Crippen molar-refractivity contribution in [1.82, 2.24) is 9.97 Å². The minimum absolute atomic E-state index is 0.795. The molecule has 2 heterocycles. The van der Waals surface area contributed by atoms with Crippen molar-refractivity contribution in [1.29, 1.82) is 0 Å². The molecule has 0 aliphatic carbocycles. The minimum Gasteiger partial charge on any atom is -0.367 e. The van der Waals surface area contributed by atoms with Crippen molar-refractivity contribution in [2.75, 3.05) is 36.0 Å². The van der Waals surface area contributed by atoms with Gasteiger partial charge in [0.1, 0.15) is 0 Å². The van der Waals surface area contributed by atoms with Gasteiger partial charge in [-0.2, -0.15) is 0 Å². The number of rotatable bonds is 3. The Labute approximate surface area is 181 Å². The van der Waals surface area contributed by atoms with Crippen molar-refractivity contribution < 1.29 is 0 Å². The maximum atomic E-state index is 6.40. The van der Waals surface area contributed by atoms with Gasteiger partial charge in [0.2, 0.25) is 5.95 Å². The first-order valence-electron chi connectivity index (χ1n) is 10.3. The molecule has 1 aromatic heterocycles. The zero-order valence-corrected chi connectivity index (χ0v) is 17.7. The third kappa shape index (κ3) is 3.59. The number of anilines is 2. The molecule has 3 aromatic carbocycles. The van der Waals surface area contributed by atoms with Crippen LogP contribution in [-0.4, -0.2) is 36.1 Å². The molecule has 4 aromatic rings. The van der Waals surface area contributed by atoms with Gasteiger partial charge in [-0.1, -0.05) is 65.7 Å². The normalized spacial score (nSPS) is 14.3. The molecule has 1 aliphatic heterocycles. The molecule has 0 unspecified atom stereocenters. The Morgan fingerprint density at radius 1 is 0.767 bits per heavy atom. The van der Waals surface area contributed by atoms with Crippen molar-refractivity contribution in [3.05, 3.63) is 83.4 Å². The molecular weight excluding hydrogens is 392 g/mol. The summed E-state index contributed by atoms with van der Waals surface area (Å²) in [6, 6.07) is 24.8. The van der Waals surface area contributed by atoms with E-state index in [0.29, 0.717) is 0 Å². The number of piperazine rings is 1.